The van der Waals surface area contributed by atoms with Crippen molar-refractivity contribution in [3.05, 3.63) is 40.0 Å². The van der Waals surface area contributed by atoms with Crippen LogP contribution in [-0.4, -0.2) is 0 Å². The quantitative estimate of drug-likeness (QED) is 0.705. The van der Waals surface area contributed by atoms with Gasteiger partial charge in [0.25, 0.3) is 0 Å². The molecule has 1 aromatic rings. The first-order valence-corrected chi connectivity index (χ1v) is 8.08. The molecule has 0 saturated carbocycles. The van der Waals surface area contributed by atoms with Gasteiger partial charge in [-0.25, -0.2) is 0 Å². The van der Waals surface area contributed by atoms with Gasteiger partial charge in [0.15, 0.2) is 0 Å². The second kappa shape index (κ2) is 5.66. The molecular weight excluding hydrogens is 283 g/mol. The summed E-state index contributed by atoms with van der Waals surface area (Å²) in [6.07, 6.45) is 7.68. The summed E-state index contributed by atoms with van der Waals surface area (Å²) in [4.78, 5) is 0. The summed E-state index contributed by atoms with van der Waals surface area (Å²) in [6.45, 7) is 6.82. The van der Waals surface area contributed by atoms with Gasteiger partial charge < -0.3 is 0 Å². The molecule has 1 atom stereocenters. The first-order chi connectivity index (χ1) is 8.15. The van der Waals surface area contributed by atoms with E-state index < -0.39 is 0 Å². The molecule has 0 aliphatic heterocycles. The molecule has 1 heteroatoms. The van der Waals surface area contributed by atoms with E-state index in [0.29, 0.717) is 3.63 Å². The van der Waals surface area contributed by atoms with Crippen LogP contribution in [0.25, 0.3) is 6.08 Å². The molecule has 0 spiro atoms. The van der Waals surface area contributed by atoms with E-state index in [-0.39, 0.29) is 0 Å². The van der Waals surface area contributed by atoms with Crippen LogP contribution in [0.3, 0.4) is 0 Å². The molecule has 89 valence electrons. The van der Waals surface area contributed by atoms with Gasteiger partial charge in [0.1, 0.15) is 0 Å². The van der Waals surface area contributed by atoms with E-state index in [1.165, 1.54) is 31.2 Å². The minimum atomic E-state index is 0.711. The molecule has 2 rings (SSSR count). The Morgan fingerprint density at radius 3 is 2.65 bits per heavy atom. The fourth-order valence-electron chi connectivity index (χ4n) is 2.67. The summed E-state index contributed by atoms with van der Waals surface area (Å²) >= 11 is 1.63. The molecule has 0 N–H and O–H groups in total. The third-order valence-corrected chi connectivity index (χ3v) is 5.59. The number of hydrogen-bond acceptors (Lipinski definition) is 0. The first-order valence-electron chi connectivity index (χ1n) is 6.66. The number of hydrogen-bond donors (Lipinski definition) is 0. The van der Waals surface area contributed by atoms with E-state index in [1.807, 2.05) is 0 Å². The second-order valence-corrected chi connectivity index (χ2v) is 6.57. The van der Waals surface area contributed by atoms with Crippen LogP contribution < -0.4 is 0 Å². The van der Waals surface area contributed by atoms with Crippen molar-refractivity contribution in [3.8, 4) is 0 Å². The van der Waals surface area contributed by atoms with Crippen molar-refractivity contribution in [2.24, 2.45) is 0 Å². The number of fused-ring (bicyclic) bond motifs is 1. The monoisotopic (exact) mass is 303 g/mol. The average Bonchev–Trinajstić information content (AvgIpc) is 2.60. The average molecular weight is 305 g/mol. The summed E-state index contributed by atoms with van der Waals surface area (Å²) in [5, 5.41) is 0. The van der Waals surface area contributed by atoms with Crippen molar-refractivity contribution in [3.63, 3.8) is 0 Å². The molecule has 0 aromatic heterocycles. The van der Waals surface area contributed by atoms with Crippen molar-refractivity contribution in [1.29, 1.82) is 0 Å². The van der Waals surface area contributed by atoms with Crippen LogP contribution in [0.4, 0.5) is 0 Å². The summed E-state index contributed by atoms with van der Waals surface area (Å²) < 4.78 is 0.711. The van der Waals surface area contributed by atoms with Crippen LogP contribution in [0.2, 0.25) is 0 Å². The van der Waals surface area contributed by atoms with Crippen molar-refractivity contribution in [2.75, 3.05) is 0 Å². The standard InChI is InChI=1S/C16H21.Zr/c1-4-5-6-7-14-9-8-13(3)15-10-12(2)11-16(14)15;/h8-11H,4-7H2,1-3H3;. The molecule has 0 bridgehead atoms. The van der Waals surface area contributed by atoms with E-state index in [9.17, 15) is 0 Å². The van der Waals surface area contributed by atoms with Gasteiger partial charge in [-0.2, -0.15) is 0 Å². The van der Waals surface area contributed by atoms with Crippen LogP contribution in [0.1, 0.15) is 59.0 Å². The van der Waals surface area contributed by atoms with E-state index in [2.05, 4.69) is 39.0 Å². The zero-order chi connectivity index (χ0) is 12.4. The number of aryl methyl sites for hydroxylation is 2. The van der Waals surface area contributed by atoms with Gasteiger partial charge >= 0.3 is 121 Å². The molecule has 1 aliphatic carbocycles. The van der Waals surface area contributed by atoms with Crippen molar-refractivity contribution >= 4 is 6.08 Å². The Labute approximate surface area is 120 Å². The molecule has 1 aromatic carbocycles. The maximum absolute atomic E-state index is 2.43. The zero-order valence-electron chi connectivity index (χ0n) is 11.1. The summed E-state index contributed by atoms with van der Waals surface area (Å²) in [7, 11) is 0. The summed E-state index contributed by atoms with van der Waals surface area (Å²) in [6, 6.07) is 4.67. The van der Waals surface area contributed by atoms with E-state index in [1.54, 1.807) is 47.0 Å². The van der Waals surface area contributed by atoms with Crippen molar-refractivity contribution in [1.82, 2.24) is 0 Å². The van der Waals surface area contributed by atoms with Gasteiger partial charge in [0.2, 0.25) is 0 Å². The Kier molecular flexibility index (Phi) is 4.42. The molecular formula is C16H21Zr. The van der Waals surface area contributed by atoms with Crippen molar-refractivity contribution < 1.29 is 24.7 Å². The van der Waals surface area contributed by atoms with Crippen molar-refractivity contribution in [2.45, 2.75) is 50.1 Å². The van der Waals surface area contributed by atoms with Crippen LogP contribution in [-0.2, 0) is 31.1 Å². The Hall–Kier alpha value is -0.157. The van der Waals surface area contributed by atoms with Gasteiger partial charge in [-0.15, -0.1) is 0 Å². The predicted molar refractivity (Wildman–Crippen MR) is 70.8 cm³/mol. The first kappa shape index (κ1) is 13.3. The van der Waals surface area contributed by atoms with E-state index in [0.717, 1.165) is 0 Å². The fourth-order valence-corrected chi connectivity index (χ4v) is 3.81. The van der Waals surface area contributed by atoms with Gasteiger partial charge in [0.05, 0.1) is 0 Å². The molecule has 0 fully saturated rings. The molecule has 0 heterocycles. The number of benzene rings is 1. The molecule has 1 unspecified atom stereocenters. The fraction of sp³-hybridized carbons (Fsp3) is 0.500. The molecule has 17 heavy (non-hydrogen) atoms. The number of unbranched alkanes of at least 4 members (excludes halogenated alkanes) is 2. The summed E-state index contributed by atoms with van der Waals surface area (Å²) in [5.74, 6) is 0. The Morgan fingerprint density at radius 1 is 1.18 bits per heavy atom. The number of rotatable bonds is 4. The molecule has 0 amide bonds. The van der Waals surface area contributed by atoms with E-state index in [4.69, 9.17) is 0 Å². The molecule has 0 radical (unpaired) electrons. The predicted octanol–water partition coefficient (Wildman–Crippen LogP) is 4.73. The molecule has 0 saturated heterocycles. The Bertz CT molecular complexity index is 443. The van der Waals surface area contributed by atoms with Gasteiger partial charge in [-0.1, -0.05) is 0 Å². The third kappa shape index (κ3) is 2.65. The zero-order valence-corrected chi connectivity index (χ0v) is 13.6. The third-order valence-electron chi connectivity index (χ3n) is 3.76. The van der Waals surface area contributed by atoms with Crippen LogP contribution >= 0.6 is 0 Å². The van der Waals surface area contributed by atoms with Gasteiger partial charge in [-0.05, 0) is 0 Å². The normalized spacial score (nSPS) is 18.0. The molecule has 1 aliphatic rings. The Balaban J connectivity index is 2.30. The van der Waals surface area contributed by atoms with Gasteiger partial charge in [-0.3, -0.25) is 0 Å². The van der Waals surface area contributed by atoms with Crippen LogP contribution in [0, 0.1) is 6.92 Å². The Morgan fingerprint density at radius 2 is 1.94 bits per heavy atom. The SMILES string of the molecule is CCCCCc1ccc(C)c2c1C=C(C)[CH]2[Zr]. The van der Waals surface area contributed by atoms with E-state index >= 15 is 0 Å². The maximum atomic E-state index is 2.43. The second-order valence-electron chi connectivity index (χ2n) is 5.15. The topological polar surface area (TPSA) is 0 Å². The van der Waals surface area contributed by atoms with Crippen LogP contribution in [0.15, 0.2) is 17.7 Å². The van der Waals surface area contributed by atoms with Crippen LogP contribution in [0.5, 0.6) is 0 Å². The molecule has 0 nitrogen and oxygen atoms in total. The number of allylic oxidation sites excluding steroid dienone is 1. The minimum absolute atomic E-state index is 0.711. The van der Waals surface area contributed by atoms with Gasteiger partial charge in [0, 0.05) is 0 Å². The summed E-state index contributed by atoms with van der Waals surface area (Å²) in [5.41, 5.74) is 7.79.